The van der Waals surface area contributed by atoms with Crippen molar-refractivity contribution in [3.63, 3.8) is 0 Å². The maximum Gasteiger partial charge on any atom is 0.339 e. The lowest BCUT2D eigenvalue weighted by Gasteiger charge is -2.40. The van der Waals surface area contributed by atoms with Crippen molar-refractivity contribution in [2.24, 2.45) is 0 Å². The molecule has 15 heteroatoms. The van der Waals surface area contributed by atoms with Crippen molar-refractivity contribution in [2.45, 2.75) is 55.3 Å². The molecule has 1 fully saturated rings. The third-order valence-electron chi connectivity index (χ3n) is 8.69. The molecule has 1 aliphatic heterocycles. The lowest BCUT2D eigenvalue weighted by molar-refractivity contribution is -0.146. The van der Waals surface area contributed by atoms with Crippen molar-refractivity contribution >= 4 is 29.8 Å². The third kappa shape index (κ3) is 11.1. The maximum atomic E-state index is 15.9. The highest BCUT2D eigenvalue weighted by Gasteiger charge is 2.47. The standard InChI is InChI=1S/C40H40F3N5O6S/c1-27(55-32-22-52-38(53-23-32)12-6-4-8-29-14-13-28(20-44)18-35(29)42)40(24-48-26-46-25-47-48,34-16-15-31(41)19-36(34)43)54-39(50)33-10-5-3-9-30(33)21-51-37(49)11-7-17-45-2/h3-6,8-10,12-16,18-19,25-27,32,38,45H,7,11,17,21-24H2,1-2H3/t27-,32?,38?,40-/m1/s1. The Labute approximate surface area is 321 Å². The van der Waals surface area contributed by atoms with E-state index in [-0.39, 0.29) is 54.7 Å². The molecular weight excluding hydrogens is 736 g/mol. The SMILES string of the molecule is CNCCCC(=O)OCc1ccccc1C(=O)O[C@@](Cn1cncn1)(c1ccc(F)cc1F)[C@@H](C)SC1COC(C=CC=Cc2ccc(C#N)cc2F)OC1. The van der Waals surface area contributed by atoms with Gasteiger partial charge >= 0.3 is 11.9 Å². The molecule has 0 bridgehead atoms. The average Bonchev–Trinajstić information content (AvgIpc) is 3.69. The van der Waals surface area contributed by atoms with E-state index in [9.17, 15) is 18.4 Å². The molecule has 0 amide bonds. The molecule has 55 heavy (non-hydrogen) atoms. The van der Waals surface area contributed by atoms with Gasteiger partial charge in [0.25, 0.3) is 0 Å². The van der Waals surface area contributed by atoms with Crippen LogP contribution in [0.3, 0.4) is 0 Å². The van der Waals surface area contributed by atoms with Crippen LogP contribution in [0.1, 0.15) is 52.4 Å². The summed E-state index contributed by atoms with van der Waals surface area (Å²) in [6, 6.07) is 15.6. The van der Waals surface area contributed by atoms with Crippen LogP contribution in [0.5, 0.6) is 0 Å². The summed E-state index contributed by atoms with van der Waals surface area (Å²) in [7, 11) is 1.78. The summed E-state index contributed by atoms with van der Waals surface area (Å²) in [6.07, 6.45) is 9.24. The van der Waals surface area contributed by atoms with Crippen molar-refractivity contribution in [1.29, 1.82) is 5.26 Å². The summed E-state index contributed by atoms with van der Waals surface area (Å²) < 4.78 is 69.5. The molecule has 288 valence electrons. The van der Waals surface area contributed by atoms with Gasteiger partial charge in [-0.05, 0) is 63.3 Å². The summed E-state index contributed by atoms with van der Waals surface area (Å²) in [4.78, 5) is 30.6. The van der Waals surface area contributed by atoms with Gasteiger partial charge in [0, 0.05) is 34.4 Å². The molecule has 1 N–H and O–H groups in total. The summed E-state index contributed by atoms with van der Waals surface area (Å²) in [5.41, 5.74) is -0.849. The number of nitrogens with zero attached hydrogens (tertiary/aromatic N) is 4. The minimum atomic E-state index is -1.79. The van der Waals surface area contributed by atoms with Crippen molar-refractivity contribution < 1.29 is 41.7 Å². The Morgan fingerprint density at radius 3 is 2.62 bits per heavy atom. The van der Waals surface area contributed by atoms with Crippen LogP contribution in [-0.2, 0) is 42.5 Å². The monoisotopic (exact) mass is 775 g/mol. The van der Waals surface area contributed by atoms with Gasteiger partial charge in [-0.2, -0.15) is 10.4 Å². The Balaban J connectivity index is 1.35. The minimum absolute atomic E-state index is 0.0878. The number of benzene rings is 3. The predicted molar refractivity (Wildman–Crippen MR) is 199 cm³/mol. The van der Waals surface area contributed by atoms with Gasteiger partial charge in [-0.25, -0.2) is 27.6 Å². The first-order valence-electron chi connectivity index (χ1n) is 17.4. The van der Waals surface area contributed by atoms with E-state index in [0.717, 1.165) is 18.2 Å². The first-order valence-corrected chi connectivity index (χ1v) is 18.4. The van der Waals surface area contributed by atoms with E-state index < -0.39 is 46.5 Å². The van der Waals surface area contributed by atoms with Crippen LogP contribution in [0, 0.1) is 28.8 Å². The number of hydrogen-bond acceptors (Lipinski definition) is 11. The Kier molecular flexibility index (Phi) is 14.8. The second kappa shape index (κ2) is 19.9. The second-order valence-electron chi connectivity index (χ2n) is 12.5. The number of aromatic nitrogens is 3. The fourth-order valence-electron chi connectivity index (χ4n) is 5.83. The summed E-state index contributed by atoms with van der Waals surface area (Å²) in [5, 5.41) is 15.1. The van der Waals surface area contributed by atoms with Gasteiger partial charge in [0.2, 0.25) is 0 Å². The molecule has 1 aliphatic rings. The number of esters is 2. The van der Waals surface area contributed by atoms with E-state index in [4.69, 9.17) is 24.2 Å². The molecule has 5 rings (SSSR count). The molecule has 0 unspecified atom stereocenters. The number of rotatable bonds is 17. The highest BCUT2D eigenvalue weighted by molar-refractivity contribution is 8.00. The molecule has 1 saturated heterocycles. The Morgan fingerprint density at radius 1 is 1.11 bits per heavy atom. The number of nitriles is 1. The van der Waals surface area contributed by atoms with Crippen molar-refractivity contribution in [3.8, 4) is 6.07 Å². The van der Waals surface area contributed by atoms with Crippen LogP contribution >= 0.6 is 11.8 Å². The number of nitrogens with one attached hydrogen (secondary N) is 1. The highest BCUT2D eigenvalue weighted by Crippen LogP contribution is 2.42. The smallest absolute Gasteiger partial charge is 0.339 e. The molecule has 2 heterocycles. The summed E-state index contributed by atoms with van der Waals surface area (Å²) in [5.74, 6) is -3.51. The van der Waals surface area contributed by atoms with Gasteiger partial charge in [-0.1, -0.05) is 42.5 Å². The van der Waals surface area contributed by atoms with Crippen LogP contribution in [0.4, 0.5) is 13.2 Å². The molecule has 4 aromatic rings. The summed E-state index contributed by atoms with van der Waals surface area (Å²) >= 11 is 1.33. The van der Waals surface area contributed by atoms with Gasteiger partial charge in [-0.15, -0.1) is 11.8 Å². The number of halogens is 3. The first-order chi connectivity index (χ1) is 26.6. The molecule has 0 radical (unpaired) electrons. The summed E-state index contributed by atoms with van der Waals surface area (Å²) in [6.45, 7) is 2.43. The van der Waals surface area contributed by atoms with E-state index in [1.165, 1.54) is 53.4 Å². The largest absolute Gasteiger partial charge is 0.461 e. The molecular formula is C40H40F3N5O6S. The molecule has 0 aliphatic carbocycles. The topological polar surface area (TPSA) is 138 Å². The fourth-order valence-corrected chi connectivity index (χ4v) is 7.19. The number of ether oxygens (including phenoxy) is 4. The maximum absolute atomic E-state index is 15.9. The van der Waals surface area contributed by atoms with Gasteiger partial charge in [0.1, 0.15) is 36.7 Å². The first kappa shape index (κ1) is 40.9. The lowest BCUT2D eigenvalue weighted by atomic mass is 9.89. The number of carbonyl (C=O) groups is 2. The predicted octanol–water partition coefficient (Wildman–Crippen LogP) is 6.50. The third-order valence-corrected chi connectivity index (χ3v) is 10.1. The molecule has 11 nitrogen and oxygen atoms in total. The quantitative estimate of drug-likeness (QED) is 0.0716. The van der Waals surface area contributed by atoms with E-state index in [1.54, 1.807) is 56.5 Å². The van der Waals surface area contributed by atoms with E-state index in [1.807, 2.05) is 6.07 Å². The molecule has 2 atom stereocenters. The number of thioether (sulfide) groups is 1. The zero-order valence-corrected chi connectivity index (χ0v) is 31.0. The van der Waals surface area contributed by atoms with Crippen LogP contribution in [0.15, 0.2) is 91.5 Å². The Bertz CT molecular complexity index is 2020. The average molecular weight is 776 g/mol. The van der Waals surface area contributed by atoms with Crippen molar-refractivity contribution in [1.82, 2.24) is 20.1 Å². The Morgan fingerprint density at radius 2 is 1.91 bits per heavy atom. The van der Waals surface area contributed by atoms with Crippen LogP contribution < -0.4 is 5.32 Å². The molecule has 0 spiro atoms. The van der Waals surface area contributed by atoms with Gasteiger partial charge < -0.3 is 24.3 Å². The normalized spacial score (nSPS) is 17.5. The van der Waals surface area contributed by atoms with Gasteiger partial charge in [0.05, 0.1) is 42.2 Å². The van der Waals surface area contributed by atoms with Crippen LogP contribution in [0.2, 0.25) is 0 Å². The van der Waals surface area contributed by atoms with E-state index in [0.29, 0.717) is 24.1 Å². The minimum Gasteiger partial charge on any atom is -0.461 e. The lowest BCUT2D eigenvalue weighted by Crippen LogP contribution is -2.47. The van der Waals surface area contributed by atoms with Crippen molar-refractivity contribution in [2.75, 3.05) is 26.8 Å². The van der Waals surface area contributed by atoms with E-state index in [2.05, 4.69) is 15.4 Å². The Hall–Kier alpha value is -5.27. The number of allylic oxidation sites excluding steroid dienone is 2. The second-order valence-corrected chi connectivity index (χ2v) is 14.2. The highest BCUT2D eigenvalue weighted by atomic mass is 32.2. The molecule has 1 aromatic heterocycles. The number of hydrogen-bond donors (Lipinski definition) is 1. The van der Waals surface area contributed by atoms with Gasteiger partial charge in [-0.3, -0.25) is 4.79 Å². The van der Waals surface area contributed by atoms with Crippen LogP contribution in [-0.4, -0.2) is 70.3 Å². The van der Waals surface area contributed by atoms with Gasteiger partial charge in [0.15, 0.2) is 11.9 Å². The number of carbonyl (C=O) groups excluding carboxylic acids is 2. The molecule has 0 saturated carbocycles. The zero-order valence-electron chi connectivity index (χ0n) is 30.2. The molecule has 3 aromatic carbocycles. The van der Waals surface area contributed by atoms with Crippen LogP contribution in [0.25, 0.3) is 6.08 Å². The fraction of sp³-hybridized carbons (Fsp3) is 0.325. The zero-order chi connectivity index (χ0) is 39.2. The van der Waals surface area contributed by atoms with Crippen molar-refractivity contribution in [3.05, 3.63) is 137 Å². The van der Waals surface area contributed by atoms with E-state index >= 15 is 4.39 Å².